The fraction of sp³-hybridized carbons (Fsp3) is 0.235. The van der Waals surface area contributed by atoms with Crippen molar-refractivity contribution in [1.29, 1.82) is 0 Å². The number of ether oxygens (including phenoxy) is 2. The van der Waals surface area contributed by atoms with Crippen molar-refractivity contribution in [3.63, 3.8) is 0 Å². The summed E-state index contributed by atoms with van der Waals surface area (Å²) in [6.45, 7) is 0.513. The number of rotatable bonds is 6. The lowest BCUT2D eigenvalue weighted by Gasteiger charge is -2.10. The number of carbonyl (C=O) groups excluding carboxylic acids is 1. The maximum absolute atomic E-state index is 12.1. The van der Waals surface area contributed by atoms with Gasteiger partial charge in [-0.3, -0.25) is 4.79 Å². The third kappa shape index (κ3) is 3.92. The van der Waals surface area contributed by atoms with Crippen LogP contribution in [0.25, 0.3) is 0 Å². The standard InChI is InChI=1S/C17H18ClNO3/c1-21-15-6-4-3-5-13(15)17(20)19-10-9-12-7-8-16(22-2)14(18)11-12/h3-8,11H,9-10H2,1-2H3,(H,19,20). The average molecular weight is 320 g/mol. The van der Waals surface area contributed by atoms with Gasteiger partial charge in [-0.1, -0.05) is 29.8 Å². The van der Waals surface area contributed by atoms with Crippen LogP contribution < -0.4 is 14.8 Å². The summed E-state index contributed by atoms with van der Waals surface area (Å²) < 4.78 is 10.3. The number of nitrogens with one attached hydrogen (secondary N) is 1. The highest BCUT2D eigenvalue weighted by Crippen LogP contribution is 2.25. The van der Waals surface area contributed by atoms with Crippen molar-refractivity contribution in [3.05, 3.63) is 58.6 Å². The van der Waals surface area contributed by atoms with Gasteiger partial charge in [0.05, 0.1) is 24.8 Å². The lowest BCUT2D eigenvalue weighted by Crippen LogP contribution is -2.26. The molecule has 0 aliphatic carbocycles. The second kappa shape index (κ2) is 7.71. The Bertz CT molecular complexity index is 658. The first-order chi connectivity index (χ1) is 10.7. The summed E-state index contributed by atoms with van der Waals surface area (Å²) in [4.78, 5) is 12.1. The molecule has 0 atom stereocenters. The molecule has 0 aliphatic rings. The molecule has 1 amide bonds. The number of hydrogen-bond acceptors (Lipinski definition) is 3. The van der Waals surface area contributed by atoms with Gasteiger partial charge >= 0.3 is 0 Å². The molecule has 0 saturated carbocycles. The molecule has 2 rings (SSSR count). The van der Waals surface area contributed by atoms with Crippen LogP contribution in [-0.2, 0) is 6.42 Å². The van der Waals surface area contributed by atoms with Crippen LogP contribution >= 0.6 is 11.6 Å². The summed E-state index contributed by atoms with van der Waals surface area (Å²) in [6.07, 6.45) is 0.685. The molecule has 5 heteroatoms. The van der Waals surface area contributed by atoms with E-state index in [0.717, 1.165) is 5.56 Å². The summed E-state index contributed by atoms with van der Waals surface area (Å²) in [5, 5.41) is 3.44. The van der Waals surface area contributed by atoms with E-state index in [1.54, 1.807) is 32.4 Å². The van der Waals surface area contributed by atoms with Crippen LogP contribution in [0.4, 0.5) is 0 Å². The first-order valence-electron chi connectivity index (χ1n) is 6.89. The molecule has 1 N–H and O–H groups in total. The Balaban J connectivity index is 1.93. The van der Waals surface area contributed by atoms with Gasteiger partial charge in [-0.25, -0.2) is 0 Å². The Kier molecular flexibility index (Phi) is 5.67. The molecule has 2 aromatic carbocycles. The second-order valence-corrected chi connectivity index (χ2v) is 5.08. The van der Waals surface area contributed by atoms with E-state index in [1.165, 1.54) is 0 Å². The molecule has 0 radical (unpaired) electrons. The number of halogens is 1. The van der Waals surface area contributed by atoms with Crippen LogP contribution in [0.5, 0.6) is 11.5 Å². The van der Waals surface area contributed by atoms with Crippen molar-refractivity contribution in [1.82, 2.24) is 5.32 Å². The van der Waals surface area contributed by atoms with Crippen LogP contribution in [0.15, 0.2) is 42.5 Å². The van der Waals surface area contributed by atoms with E-state index < -0.39 is 0 Å². The first kappa shape index (κ1) is 16.2. The topological polar surface area (TPSA) is 47.6 Å². The van der Waals surface area contributed by atoms with Gasteiger partial charge in [-0.2, -0.15) is 0 Å². The molecule has 0 aromatic heterocycles. The van der Waals surface area contributed by atoms with Gasteiger partial charge in [0.1, 0.15) is 11.5 Å². The van der Waals surface area contributed by atoms with Gasteiger partial charge < -0.3 is 14.8 Å². The van der Waals surface area contributed by atoms with Crippen LogP contribution in [0.3, 0.4) is 0 Å². The SMILES string of the molecule is COc1ccc(CCNC(=O)c2ccccc2OC)cc1Cl. The van der Waals surface area contributed by atoms with Gasteiger partial charge in [-0.05, 0) is 36.2 Å². The van der Waals surface area contributed by atoms with Crippen LogP contribution in [0.2, 0.25) is 5.02 Å². The maximum Gasteiger partial charge on any atom is 0.255 e. The van der Waals surface area contributed by atoms with Gasteiger partial charge in [-0.15, -0.1) is 0 Å². The number of amides is 1. The number of para-hydroxylation sites is 1. The minimum Gasteiger partial charge on any atom is -0.496 e. The van der Waals surface area contributed by atoms with Gasteiger partial charge in [0, 0.05) is 6.54 Å². The largest absolute Gasteiger partial charge is 0.496 e. The van der Waals surface area contributed by atoms with Gasteiger partial charge in [0.2, 0.25) is 0 Å². The molecule has 0 saturated heterocycles. The summed E-state index contributed by atoms with van der Waals surface area (Å²) in [7, 11) is 3.12. The minimum atomic E-state index is -0.156. The smallest absolute Gasteiger partial charge is 0.255 e. The Hall–Kier alpha value is -2.20. The number of carbonyl (C=O) groups is 1. The normalized spacial score (nSPS) is 10.1. The van der Waals surface area contributed by atoms with Crippen molar-refractivity contribution in [3.8, 4) is 11.5 Å². The molecule has 22 heavy (non-hydrogen) atoms. The van der Waals surface area contributed by atoms with E-state index in [1.807, 2.05) is 24.3 Å². The molecule has 116 valence electrons. The second-order valence-electron chi connectivity index (χ2n) is 4.68. The fourth-order valence-corrected chi connectivity index (χ4v) is 2.39. The Morgan fingerprint density at radius 1 is 1.09 bits per heavy atom. The average Bonchev–Trinajstić information content (AvgIpc) is 2.55. The van der Waals surface area contributed by atoms with Crippen molar-refractivity contribution in [2.45, 2.75) is 6.42 Å². The number of methoxy groups -OCH3 is 2. The van der Waals surface area contributed by atoms with Crippen LogP contribution in [-0.4, -0.2) is 26.7 Å². The van der Waals surface area contributed by atoms with Gasteiger partial charge in [0.25, 0.3) is 5.91 Å². The van der Waals surface area contributed by atoms with E-state index in [0.29, 0.717) is 35.1 Å². The predicted octanol–water partition coefficient (Wildman–Crippen LogP) is 3.33. The molecule has 2 aromatic rings. The highest BCUT2D eigenvalue weighted by atomic mass is 35.5. The quantitative estimate of drug-likeness (QED) is 0.888. The Morgan fingerprint density at radius 2 is 1.82 bits per heavy atom. The highest BCUT2D eigenvalue weighted by Gasteiger charge is 2.10. The zero-order chi connectivity index (χ0) is 15.9. The predicted molar refractivity (Wildman–Crippen MR) is 87.0 cm³/mol. The van der Waals surface area contributed by atoms with E-state index in [-0.39, 0.29) is 5.91 Å². The first-order valence-corrected chi connectivity index (χ1v) is 7.27. The molecule has 0 spiro atoms. The zero-order valence-corrected chi connectivity index (χ0v) is 13.3. The summed E-state index contributed by atoms with van der Waals surface area (Å²) in [5.41, 5.74) is 1.56. The van der Waals surface area contributed by atoms with E-state index in [2.05, 4.69) is 5.32 Å². The third-order valence-electron chi connectivity index (χ3n) is 3.27. The molecule has 0 bridgehead atoms. The van der Waals surface area contributed by atoms with Crippen molar-refractivity contribution in [2.75, 3.05) is 20.8 Å². The fourth-order valence-electron chi connectivity index (χ4n) is 2.11. The summed E-state index contributed by atoms with van der Waals surface area (Å²) >= 11 is 6.08. The molecular weight excluding hydrogens is 302 g/mol. The zero-order valence-electron chi connectivity index (χ0n) is 12.6. The van der Waals surface area contributed by atoms with E-state index in [9.17, 15) is 4.79 Å². The molecule has 4 nitrogen and oxygen atoms in total. The highest BCUT2D eigenvalue weighted by molar-refractivity contribution is 6.32. The Labute approximate surface area is 135 Å². The maximum atomic E-state index is 12.1. The van der Waals surface area contributed by atoms with Crippen LogP contribution in [0.1, 0.15) is 15.9 Å². The molecule has 0 aliphatic heterocycles. The molecular formula is C17H18ClNO3. The van der Waals surface area contributed by atoms with Crippen molar-refractivity contribution < 1.29 is 14.3 Å². The molecule has 0 unspecified atom stereocenters. The lowest BCUT2D eigenvalue weighted by atomic mass is 10.1. The Morgan fingerprint density at radius 3 is 2.50 bits per heavy atom. The number of benzene rings is 2. The molecule has 0 fully saturated rings. The summed E-state index contributed by atoms with van der Waals surface area (Å²) in [5.74, 6) is 1.05. The van der Waals surface area contributed by atoms with Gasteiger partial charge in [0.15, 0.2) is 0 Å². The number of hydrogen-bond donors (Lipinski definition) is 1. The summed E-state index contributed by atoms with van der Waals surface area (Å²) in [6, 6.07) is 12.7. The minimum absolute atomic E-state index is 0.156. The van der Waals surface area contributed by atoms with Crippen LogP contribution in [0, 0.1) is 0 Å². The van der Waals surface area contributed by atoms with E-state index >= 15 is 0 Å². The molecule has 0 heterocycles. The van der Waals surface area contributed by atoms with Crippen molar-refractivity contribution >= 4 is 17.5 Å². The van der Waals surface area contributed by atoms with E-state index in [4.69, 9.17) is 21.1 Å². The third-order valence-corrected chi connectivity index (χ3v) is 3.56. The lowest BCUT2D eigenvalue weighted by molar-refractivity contribution is 0.0951. The monoisotopic (exact) mass is 319 g/mol. The van der Waals surface area contributed by atoms with Crippen molar-refractivity contribution in [2.24, 2.45) is 0 Å².